The van der Waals surface area contributed by atoms with Gasteiger partial charge >= 0.3 is 51.4 Å². The maximum absolute atomic E-state index is 10.5. The zero-order valence-corrected chi connectivity index (χ0v) is 20.6. The van der Waals surface area contributed by atoms with E-state index >= 15 is 0 Å². The molecular formula is C19H39KO4S. The predicted octanol–water partition coefficient (Wildman–Crippen LogP) is 2.16. The van der Waals surface area contributed by atoms with E-state index < -0.39 is 22.0 Å². The van der Waals surface area contributed by atoms with Crippen LogP contribution >= 0.6 is 0 Å². The van der Waals surface area contributed by atoms with Crippen molar-refractivity contribution in [1.82, 2.24) is 0 Å². The standard InChI is InChI=1S/C19H40O4S.K/c1-2-3-4-5-6-7-8-9-10-11-12-13-14-15-16-17-19(20)18-24(21,22)23;/h19-20H,2-18H2,1H3,(H,21,22,23);/q;+1/p-1. The van der Waals surface area contributed by atoms with Crippen LogP contribution in [0.4, 0.5) is 0 Å². The first-order chi connectivity index (χ1) is 11.5. The number of hydrogen-bond acceptors (Lipinski definition) is 4. The van der Waals surface area contributed by atoms with Crippen molar-refractivity contribution in [2.45, 2.75) is 116 Å². The molecule has 0 aliphatic heterocycles. The Kier molecular flexibility index (Phi) is 23.3. The van der Waals surface area contributed by atoms with Crippen LogP contribution in [-0.4, -0.2) is 29.9 Å². The molecule has 0 fully saturated rings. The molecule has 0 aliphatic rings. The van der Waals surface area contributed by atoms with Crippen molar-refractivity contribution in [1.29, 1.82) is 0 Å². The molecule has 0 saturated carbocycles. The second kappa shape index (κ2) is 20.2. The molecule has 6 heteroatoms. The molecule has 0 aromatic carbocycles. The van der Waals surface area contributed by atoms with Crippen molar-refractivity contribution in [3.05, 3.63) is 0 Å². The Hall–Kier alpha value is 1.51. The second-order valence-electron chi connectivity index (χ2n) is 7.12. The predicted molar refractivity (Wildman–Crippen MR) is 100 cm³/mol. The Balaban J connectivity index is 0. The summed E-state index contributed by atoms with van der Waals surface area (Å²) >= 11 is 0. The quantitative estimate of drug-likeness (QED) is 0.216. The van der Waals surface area contributed by atoms with Crippen LogP contribution in [0.3, 0.4) is 0 Å². The molecule has 146 valence electrons. The molecule has 0 aromatic heterocycles. The monoisotopic (exact) mass is 402 g/mol. The summed E-state index contributed by atoms with van der Waals surface area (Å²) in [7, 11) is -4.29. The minimum absolute atomic E-state index is 0. The average Bonchev–Trinajstić information content (AvgIpc) is 2.49. The number of aliphatic hydroxyl groups excluding tert-OH is 1. The summed E-state index contributed by atoms with van der Waals surface area (Å²) < 4.78 is 31.5. The summed E-state index contributed by atoms with van der Waals surface area (Å²) in [5, 5.41) is 9.41. The van der Waals surface area contributed by atoms with Crippen molar-refractivity contribution in [3.8, 4) is 0 Å². The zero-order chi connectivity index (χ0) is 18.1. The van der Waals surface area contributed by atoms with Crippen molar-refractivity contribution in [2.24, 2.45) is 0 Å². The van der Waals surface area contributed by atoms with E-state index in [-0.39, 0.29) is 51.4 Å². The van der Waals surface area contributed by atoms with Crippen LogP contribution in [0.15, 0.2) is 0 Å². The van der Waals surface area contributed by atoms with Gasteiger partial charge in [-0.2, -0.15) is 0 Å². The molecular weight excluding hydrogens is 363 g/mol. The van der Waals surface area contributed by atoms with E-state index in [1.54, 1.807) is 0 Å². The number of rotatable bonds is 18. The van der Waals surface area contributed by atoms with E-state index in [2.05, 4.69) is 6.92 Å². The van der Waals surface area contributed by atoms with Crippen molar-refractivity contribution in [3.63, 3.8) is 0 Å². The summed E-state index contributed by atoms with van der Waals surface area (Å²) in [5.41, 5.74) is 0. The maximum Gasteiger partial charge on any atom is 1.00 e. The molecule has 0 spiro atoms. The summed E-state index contributed by atoms with van der Waals surface area (Å²) in [6, 6.07) is 0. The maximum atomic E-state index is 10.5. The summed E-state index contributed by atoms with van der Waals surface area (Å²) in [5.74, 6) is -0.647. The van der Waals surface area contributed by atoms with Gasteiger partial charge in [0, 0.05) is 0 Å². The van der Waals surface area contributed by atoms with E-state index in [4.69, 9.17) is 0 Å². The van der Waals surface area contributed by atoms with Crippen LogP contribution in [0.2, 0.25) is 0 Å². The van der Waals surface area contributed by atoms with Crippen LogP contribution in [0.25, 0.3) is 0 Å². The Labute approximate surface area is 199 Å². The first kappa shape index (κ1) is 28.7. The van der Waals surface area contributed by atoms with Gasteiger partial charge < -0.3 is 9.66 Å². The molecule has 1 unspecified atom stereocenters. The Bertz CT molecular complexity index is 360. The van der Waals surface area contributed by atoms with Crippen molar-refractivity contribution >= 4 is 10.1 Å². The van der Waals surface area contributed by atoms with Crippen LogP contribution < -0.4 is 51.4 Å². The minimum Gasteiger partial charge on any atom is -0.748 e. The fraction of sp³-hybridized carbons (Fsp3) is 1.00. The third kappa shape index (κ3) is 25.5. The van der Waals surface area contributed by atoms with Crippen molar-refractivity contribution in [2.75, 3.05) is 5.75 Å². The third-order valence-electron chi connectivity index (χ3n) is 4.54. The van der Waals surface area contributed by atoms with Gasteiger partial charge in [-0.1, -0.05) is 103 Å². The molecule has 1 N–H and O–H groups in total. The van der Waals surface area contributed by atoms with Crippen molar-refractivity contribution < 1.29 is 69.5 Å². The number of unbranched alkanes of at least 4 members (excludes halogenated alkanes) is 14. The van der Waals surface area contributed by atoms with Crippen LogP contribution in [0.5, 0.6) is 0 Å². The van der Waals surface area contributed by atoms with Gasteiger partial charge in [-0.3, -0.25) is 0 Å². The molecule has 25 heavy (non-hydrogen) atoms. The first-order valence-electron chi connectivity index (χ1n) is 10.1. The van der Waals surface area contributed by atoms with Crippen LogP contribution in [0, 0.1) is 0 Å². The molecule has 0 radical (unpaired) electrons. The smallest absolute Gasteiger partial charge is 0.748 e. The Morgan fingerprint density at radius 1 is 0.720 bits per heavy atom. The SMILES string of the molecule is CCCCCCCCCCCCCCCCCC(O)CS(=O)(=O)[O-].[K+]. The van der Waals surface area contributed by atoms with Gasteiger partial charge in [-0.05, 0) is 6.42 Å². The minimum atomic E-state index is -4.29. The van der Waals surface area contributed by atoms with Gasteiger partial charge in [-0.25, -0.2) is 8.42 Å². The van der Waals surface area contributed by atoms with E-state index in [1.807, 2.05) is 0 Å². The molecule has 0 rings (SSSR count). The summed E-state index contributed by atoms with van der Waals surface area (Å²) in [6.45, 7) is 2.25. The van der Waals surface area contributed by atoms with E-state index in [1.165, 1.54) is 77.0 Å². The Morgan fingerprint density at radius 3 is 1.36 bits per heavy atom. The van der Waals surface area contributed by atoms with Gasteiger partial charge in [-0.15, -0.1) is 0 Å². The summed E-state index contributed by atoms with van der Waals surface area (Å²) in [4.78, 5) is 0. The van der Waals surface area contributed by atoms with Crippen LogP contribution in [-0.2, 0) is 10.1 Å². The van der Waals surface area contributed by atoms with E-state index in [9.17, 15) is 18.1 Å². The van der Waals surface area contributed by atoms with Gasteiger partial charge in [0.2, 0.25) is 0 Å². The molecule has 0 saturated heterocycles. The second-order valence-corrected chi connectivity index (χ2v) is 8.57. The summed E-state index contributed by atoms with van der Waals surface area (Å²) in [6.07, 6.45) is 18.6. The molecule has 0 amide bonds. The van der Waals surface area contributed by atoms with E-state index in [0.717, 1.165) is 19.3 Å². The first-order valence-corrected chi connectivity index (χ1v) is 11.6. The van der Waals surface area contributed by atoms with E-state index in [0.29, 0.717) is 6.42 Å². The molecule has 0 aliphatic carbocycles. The van der Waals surface area contributed by atoms with Crippen LogP contribution in [0.1, 0.15) is 110 Å². The number of hydrogen-bond donors (Lipinski definition) is 1. The molecule has 0 bridgehead atoms. The molecule has 0 heterocycles. The third-order valence-corrected chi connectivity index (χ3v) is 5.33. The fourth-order valence-electron chi connectivity index (χ4n) is 3.07. The normalized spacial score (nSPS) is 12.8. The average molecular weight is 403 g/mol. The zero-order valence-electron chi connectivity index (χ0n) is 16.7. The topological polar surface area (TPSA) is 77.4 Å². The Morgan fingerprint density at radius 2 is 1.04 bits per heavy atom. The van der Waals surface area contributed by atoms with Gasteiger partial charge in [0.1, 0.15) is 0 Å². The van der Waals surface area contributed by atoms with Gasteiger partial charge in [0.05, 0.1) is 22.0 Å². The van der Waals surface area contributed by atoms with Gasteiger partial charge in [0.25, 0.3) is 0 Å². The molecule has 4 nitrogen and oxygen atoms in total. The molecule has 0 aromatic rings. The van der Waals surface area contributed by atoms with Gasteiger partial charge in [0.15, 0.2) is 0 Å². The largest absolute Gasteiger partial charge is 1.00 e. The molecule has 1 atom stereocenters. The number of aliphatic hydroxyl groups is 1. The fourth-order valence-corrected chi connectivity index (χ4v) is 3.71.